The van der Waals surface area contributed by atoms with Gasteiger partial charge in [-0.1, -0.05) is 0 Å². The molecular weight excluding hydrogens is 236 g/mol. The lowest BCUT2D eigenvalue weighted by Gasteiger charge is -2.01. The molecule has 1 N–H and O–H groups in total. The minimum Gasteiger partial charge on any atom is -0.301 e. The van der Waals surface area contributed by atoms with E-state index in [1.54, 1.807) is 25.3 Å². The van der Waals surface area contributed by atoms with Crippen LogP contribution in [0.1, 0.15) is 11.3 Å². The molecule has 0 bridgehead atoms. The highest BCUT2D eigenvalue weighted by Crippen LogP contribution is 2.24. The molecule has 0 aliphatic carbocycles. The van der Waals surface area contributed by atoms with Gasteiger partial charge in [-0.15, -0.1) is 0 Å². The van der Waals surface area contributed by atoms with E-state index in [0.717, 1.165) is 0 Å². The van der Waals surface area contributed by atoms with Crippen molar-refractivity contribution in [2.75, 3.05) is 0 Å². The van der Waals surface area contributed by atoms with Gasteiger partial charge in [-0.2, -0.15) is 5.26 Å². The maximum Gasteiger partial charge on any atom is 0.251 e. The number of aromatic nitrogens is 3. The Hall–Kier alpha value is -2.13. The summed E-state index contributed by atoms with van der Waals surface area (Å²) in [6.07, 6.45) is 1.59. The standard InChI is InChI=1S/C11H8N4OS/c1-7-5-9(16)15-11(14-7)17-10-8(6-12)3-2-4-13-10/h2-5H,1H3,(H,14,15,16). The highest BCUT2D eigenvalue weighted by Gasteiger charge is 2.07. The van der Waals surface area contributed by atoms with Gasteiger partial charge in [-0.25, -0.2) is 9.97 Å². The fraction of sp³-hybridized carbons (Fsp3) is 0.0909. The number of nitriles is 1. The van der Waals surface area contributed by atoms with Gasteiger partial charge in [0.1, 0.15) is 11.1 Å². The van der Waals surface area contributed by atoms with Crippen molar-refractivity contribution in [3.8, 4) is 6.07 Å². The largest absolute Gasteiger partial charge is 0.301 e. The van der Waals surface area contributed by atoms with Crippen LogP contribution in [0.3, 0.4) is 0 Å². The van der Waals surface area contributed by atoms with Crippen molar-refractivity contribution in [3.05, 3.63) is 46.0 Å². The molecule has 0 unspecified atom stereocenters. The maximum atomic E-state index is 11.3. The van der Waals surface area contributed by atoms with Crippen molar-refractivity contribution in [1.82, 2.24) is 15.0 Å². The van der Waals surface area contributed by atoms with E-state index >= 15 is 0 Å². The zero-order chi connectivity index (χ0) is 12.3. The van der Waals surface area contributed by atoms with E-state index in [-0.39, 0.29) is 5.56 Å². The van der Waals surface area contributed by atoms with Crippen molar-refractivity contribution in [3.63, 3.8) is 0 Å². The number of H-pyrrole nitrogens is 1. The molecule has 2 aromatic rings. The molecule has 0 aromatic carbocycles. The lowest BCUT2D eigenvalue weighted by molar-refractivity contribution is 0.901. The first-order valence-corrected chi connectivity index (χ1v) is 5.61. The second-order valence-electron chi connectivity index (χ2n) is 3.26. The molecule has 17 heavy (non-hydrogen) atoms. The first kappa shape index (κ1) is 11.4. The molecule has 0 fully saturated rings. The predicted octanol–water partition coefficient (Wildman–Crippen LogP) is 1.50. The van der Waals surface area contributed by atoms with Crippen LogP contribution in [0.15, 0.2) is 39.4 Å². The second kappa shape index (κ2) is 4.80. The lowest BCUT2D eigenvalue weighted by Crippen LogP contribution is -2.08. The zero-order valence-electron chi connectivity index (χ0n) is 8.97. The van der Waals surface area contributed by atoms with Crippen molar-refractivity contribution < 1.29 is 0 Å². The minimum absolute atomic E-state index is 0.213. The van der Waals surface area contributed by atoms with Gasteiger partial charge >= 0.3 is 0 Å². The zero-order valence-corrected chi connectivity index (χ0v) is 9.78. The molecule has 0 spiro atoms. The number of aromatic amines is 1. The van der Waals surface area contributed by atoms with Crippen molar-refractivity contribution in [2.45, 2.75) is 17.1 Å². The van der Waals surface area contributed by atoms with E-state index in [1.807, 2.05) is 6.07 Å². The van der Waals surface area contributed by atoms with Crippen molar-refractivity contribution in [2.24, 2.45) is 0 Å². The number of aryl methyl sites for hydroxylation is 1. The molecule has 0 aliphatic rings. The third-order valence-electron chi connectivity index (χ3n) is 1.93. The number of hydrogen-bond donors (Lipinski definition) is 1. The van der Waals surface area contributed by atoms with Gasteiger partial charge in [0.2, 0.25) is 0 Å². The molecule has 0 aliphatic heterocycles. The Morgan fingerprint density at radius 1 is 1.53 bits per heavy atom. The molecule has 6 heteroatoms. The summed E-state index contributed by atoms with van der Waals surface area (Å²) < 4.78 is 0. The molecule has 84 valence electrons. The van der Waals surface area contributed by atoms with Crippen molar-refractivity contribution >= 4 is 11.8 Å². The molecule has 0 atom stereocenters. The molecule has 5 nitrogen and oxygen atoms in total. The van der Waals surface area contributed by atoms with E-state index in [1.165, 1.54) is 17.8 Å². The SMILES string of the molecule is Cc1cc(=O)[nH]c(Sc2ncccc2C#N)n1. The molecule has 2 aromatic heterocycles. The van der Waals surface area contributed by atoms with Gasteiger partial charge in [0.05, 0.1) is 5.56 Å². The predicted molar refractivity (Wildman–Crippen MR) is 62.7 cm³/mol. The van der Waals surface area contributed by atoms with Crippen molar-refractivity contribution in [1.29, 1.82) is 5.26 Å². The van der Waals surface area contributed by atoms with Gasteiger partial charge in [0.25, 0.3) is 5.56 Å². The molecular formula is C11H8N4OS. The fourth-order valence-electron chi connectivity index (χ4n) is 1.25. The van der Waals surface area contributed by atoms with Gasteiger partial charge in [-0.3, -0.25) is 4.79 Å². The third kappa shape index (κ3) is 2.71. The number of nitrogens with zero attached hydrogens (tertiary/aromatic N) is 3. The van der Waals surface area contributed by atoms with Crippen LogP contribution < -0.4 is 5.56 Å². The number of rotatable bonds is 2. The Kier molecular flexibility index (Phi) is 3.21. The van der Waals surface area contributed by atoms with Crippen LogP contribution >= 0.6 is 11.8 Å². The van der Waals surface area contributed by atoms with E-state index in [4.69, 9.17) is 5.26 Å². The lowest BCUT2D eigenvalue weighted by atomic mass is 10.3. The Bertz CT molecular complexity index is 644. The van der Waals surface area contributed by atoms with Crippen LogP contribution in [0.5, 0.6) is 0 Å². The molecule has 0 amide bonds. The Labute approximate surface area is 102 Å². The van der Waals surface area contributed by atoms with E-state index in [2.05, 4.69) is 15.0 Å². The van der Waals surface area contributed by atoms with Crippen LogP contribution in [-0.4, -0.2) is 15.0 Å². The highest BCUT2D eigenvalue weighted by molar-refractivity contribution is 7.99. The van der Waals surface area contributed by atoms with Gasteiger partial charge in [0.15, 0.2) is 5.16 Å². The molecule has 0 saturated carbocycles. The summed E-state index contributed by atoms with van der Waals surface area (Å²) in [4.78, 5) is 22.1. The van der Waals surface area contributed by atoms with Gasteiger partial charge < -0.3 is 4.98 Å². The Balaban J connectivity index is 2.38. The van der Waals surface area contributed by atoms with E-state index < -0.39 is 0 Å². The first-order valence-electron chi connectivity index (χ1n) is 4.80. The minimum atomic E-state index is -0.213. The van der Waals surface area contributed by atoms with E-state index in [9.17, 15) is 4.79 Å². The summed E-state index contributed by atoms with van der Waals surface area (Å²) in [7, 11) is 0. The maximum absolute atomic E-state index is 11.3. The molecule has 2 heterocycles. The fourth-order valence-corrected chi connectivity index (χ4v) is 2.11. The molecule has 2 rings (SSSR count). The summed E-state index contributed by atoms with van der Waals surface area (Å²) >= 11 is 1.17. The van der Waals surface area contributed by atoms with Crippen LogP contribution in [0, 0.1) is 18.3 Å². The summed E-state index contributed by atoms with van der Waals surface area (Å²) in [5.74, 6) is 0. The van der Waals surface area contributed by atoms with E-state index in [0.29, 0.717) is 21.4 Å². The summed E-state index contributed by atoms with van der Waals surface area (Å²) in [6.45, 7) is 1.74. The second-order valence-corrected chi connectivity index (χ2v) is 4.24. The Morgan fingerprint density at radius 3 is 3.06 bits per heavy atom. The quantitative estimate of drug-likeness (QED) is 0.809. The summed E-state index contributed by atoms with van der Waals surface area (Å²) in [5.41, 5.74) is 0.877. The van der Waals surface area contributed by atoms with Crippen LogP contribution in [-0.2, 0) is 0 Å². The summed E-state index contributed by atoms with van der Waals surface area (Å²) in [6, 6.07) is 6.81. The van der Waals surface area contributed by atoms with Gasteiger partial charge in [-0.05, 0) is 30.8 Å². The van der Waals surface area contributed by atoms with Gasteiger partial charge in [0, 0.05) is 18.0 Å². The average Bonchev–Trinajstić information content (AvgIpc) is 2.28. The van der Waals surface area contributed by atoms with Crippen LogP contribution in [0.2, 0.25) is 0 Å². The highest BCUT2D eigenvalue weighted by atomic mass is 32.2. The van der Waals surface area contributed by atoms with Crippen LogP contribution in [0.25, 0.3) is 0 Å². The number of hydrogen-bond acceptors (Lipinski definition) is 5. The topological polar surface area (TPSA) is 82.4 Å². The Morgan fingerprint density at radius 2 is 2.35 bits per heavy atom. The molecule has 0 radical (unpaired) electrons. The smallest absolute Gasteiger partial charge is 0.251 e. The monoisotopic (exact) mass is 244 g/mol. The molecule has 0 saturated heterocycles. The number of pyridine rings is 1. The summed E-state index contributed by atoms with van der Waals surface area (Å²) in [5, 5.41) is 9.88. The normalized spacial score (nSPS) is 9.88. The number of nitrogens with one attached hydrogen (secondary N) is 1. The first-order chi connectivity index (χ1) is 8.19. The average molecular weight is 244 g/mol. The third-order valence-corrected chi connectivity index (χ3v) is 2.84. The van der Waals surface area contributed by atoms with Crippen LogP contribution in [0.4, 0.5) is 0 Å².